The summed E-state index contributed by atoms with van der Waals surface area (Å²) in [6.07, 6.45) is 1.65. The summed E-state index contributed by atoms with van der Waals surface area (Å²) in [5.41, 5.74) is 1.99. The van der Waals surface area contributed by atoms with E-state index in [0.717, 1.165) is 43.4 Å². The van der Waals surface area contributed by atoms with E-state index >= 15 is 0 Å². The topological polar surface area (TPSA) is 54.7 Å². The molecule has 0 aliphatic carbocycles. The summed E-state index contributed by atoms with van der Waals surface area (Å²) in [6, 6.07) is 11.8. The second-order valence-electron chi connectivity index (χ2n) is 5.67. The van der Waals surface area contributed by atoms with E-state index in [0.29, 0.717) is 5.75 Å². The van der Waals surface area contributed by atoms with Gasteiger partial charge in [-0.2, -0.15) is 0 Å². The van der Waals surface area contributed by atoms with Gasteiger partial charge in [-0.25, -0.2) is 0 Å². The van der Waals surface area contributed by atoms with E-state index in [1.165, 1.54) is 0 Å². The number of anilines is 2. The zero-order valence-corrected chi connectivity index (χ0v) is 14.6. The van der Waals surface area contributed by atoms with Crippen LogP contribution in [0.2, 0.25) is 0 Å². The zero-order valence-electron chi connectivity index (χ0n) is 13.7. The minimum Gasteiger partial charge on any atom is -0.468 e. The van der Waals surface area contributed by atoms with E-state index < -0.39 is 0 Å². The van der Waals surface area contributed by atoms with Crippen molar-refractivity contribution in [3.63, 3.8) is 0 Å². The molecule has 0 radical (unpaired) electrons. The van der Waals surface area contributed by atoms with Gasteiger partial charge in [0.05, 0.1) is 30.5 Å². The molecule has 1 aliphatic rings. The zero-order chi connectivity index (χ0) is 16.8. The van der Waals surface area contributed by atoms with E-state index in [9.17, 15) is 4.79 Å². The van der Waals surface area contributed by atoms with Crippen LogP contribution in [0.15, 0.2) is 47.1 Å². The van der Waals surface area contributed by atoms with Gasteiger partial charge in [0.2, 0.25) is 5.91 Å². The first-order valence-electron chi connectivity index (χ1n) is 8.10. The van der Waals surface area contributed by atoms with Crippen molar-refractivity contribution in [1.29, 1.82) is 0 Å². The van der Waals surface area contributed by atoms with Crippen LogP contribution in [0.1, 0.15) is 12.7 Å². The third kappa shape index (κ3) is 4.55. The maximum absolute atomic E-state index is 12.3. The molecule has 2 heterocycles. The third-order valence-corrected chi connectivity index (χ3v) is 5.10. The molecule has 1 aliphatic heterocycles. The molecule has 0 saturated carbocycles. The normalized spacial score (nSPS) is 16.0. The molecule has 1 saturated heterocycles. The maximum Gasteiger partial charge on any atom is 0.237 e. The number of carbonyl (C=O) groups excluding carboxylic acids is 1. The van der Waals surface area contributed by atoms with Crippen molar-refractivity contribution in [2.24, 2.45) is 0 Å². The van der Waals surface area contributed by atoms with E-state index in [4.69, 9.17) is 9.15 Å². The lowest BCUT2D eigenvalue weighted by molar-refractivity contribution is -0.115. The van der Waals surface area contributed by atoms with Crippen LogP contribution >= 0.6 is 11.8 Å². The summed E-state index contributed by atoms with van der Waals surface area (Å²) in [6.45, 7) is 5.26. The molecule has 1 amide bonds. The fraction of sp³-hybridized carbons (Fsp3) is 0.389. The predicted molar refractivity (Wildman–Crippen MR) is 97.6 cm³/mol. The smallest absolute Gasteiger partial charge is 0.237 e. The minimum absolute atomic E-state index is 0.00526. The lowest BCUT2D eigenvalue weighted by Crippen LogP contribution is -2.36. The predicted octanol–water partition coefficient (Wildman–Crippen LogP) is 3.38. The first-order valence-corrected chi connectivity index (χ1v) is 9.15. The largest absolute Gasteiger partial charge is 0.468 e. The van der Waals surface area contributed by atoms with Crippen molar-refractivity contribution >= 4 is 29.0 Å². The Kier molecular flexibility index (Phi) is 5.82. The van der Waals surface area contributed by atoms with Crippen LogP contribution in [0.25, 0.3) is 0 Å². The van der Waals surface area contributed by atoms with Gasteiger partial charge in [0.1, 0.15) is 5.76 Å². The molecule has 1 fully saturated rings. The monoisotopic (exact) mass is 346 g/mol. The molecule has 2 aromatic rings. The Bertz CT molecular complexity index is 637. The van der Waals surface area contributed by atoms with E-state index in [-0.39, 0.29) is 11.2 Å². The van der Waals surface area contributed by atoms with Gasteiger partial charge in [-0.1, -0.05) is 0 Å². The van der Waals surface area contributed by atoms with Gasteiger partial charge >= 0.3 is 0 Å². The molecule has 128 valence electrons. The first-order chi connectivity index (χ1) is 11.7. The Morgan fingerprint density at radius 3 is 2.67 bits per heavy atom. The number of nitrogens with one attached hydrogen (secondary N) is 1. The quantitative estimate of drug-likeness (QED) is 0.869. The minimum atomic E-state index is -0.144. The summed E-state index contributed by atoms with van der Waals surface area (Å²) in [5.74, 6) is 1.58. The highest BCUT2D eigenvalue weighted by atomic mass is 32.2. The molecule has 6 heteroatoms. The van der Waals surface area contributed by atoms with Gasteiger partial charge in [-0.15, -0.1) is 11.8 Å². The van der Waals surface area contributed by atoms with Crippen molar-refractivity contribution in [2.75, 3.05) is 36.5 Å². The Morgan fingerprint density at radius 2 is 2.00 bits per heavy atom. The molecular formula is C18H22N2O3S. The van der Waals surface area contributed by atoms with Crippen LogP contribution in [0.3, 0.4) is 0 Å². The Balaban J connectivity index is 1.50. The summed E-state index contributed by atoms with van der Waals surface area (Å²) in [5, 5.41) is 2.82. The SMILES string of the molecule is C[C@@H](SCc1ccco1)C(=O)Nc1ccc(N2CCOCC2)cc1. The molecule has 0 spiro atoms. The molecule has 3 rings (SSSR count). The lowest BCUT2D eigenvalue weighted by atomic mass is 10.2. The second-order valence-corrected chi connectivity index (χ2v) is 7.00. The van der Waals surface area contributed by atoms with Gasteiger partial charge in [0, 0.05) is 24.5 Å². The van der Waals surface area contributed by atoms with Crippen LogP contribution in [-0.2, 0) is 15.3 Å². The number of rotatable bonds is 6. The molecule has 1 atom stereocenters. The number of morpholine rings is 1. The summed E-state index contributed by atoms with van der Waals surface area (Å²) < 4.78 is 10.7. The lowest BCUT2D eigenvalue weighted by Gasteiger charge is -2.28. The second kappa shape index (κ2) is 8.26. The summed E-state index contributed by atoms with van der Waals surface area (Å²) >= 11 is 1.56. The van der Waals surface area contributed by atoms with Gasteiger partial charge in [0.15, 0.2) is 0 Å². The Morgan fingerprint density at radius 1 is 1.25 bits per heavy atom. The number of ether oxygens (including phenoxy) is 1. The summed E-state index contributed by atoms with van der Waals surface area (Å²) in [4.78, 5) is 14.6. The number of hydrogen-bond donors (Lipinski definition) is 1. The van der Waals surface area contributed by atoms with Crippen molar-refractivity contribution in [2.45, 2.75) is 17.9 Å². The van der Waals surface area contributed by atoms with E-state index in [1.54, 1.807) is 18.0 Å². The standard InChI is InChI=1S/C18H22N2O3S/c1-14(24-13-17-3-2-10-23-17)18(21)19-15-4-6-16(7-5-15)20-8-11-22-12-9-20/h2-7,10,14H,8-9,11-13H2,1H3,(H,19,21)/t14-/m1/s1. The molecular weight excluding hydrogens is 324 g/mol. The van der Waals surface area contributed by atoms with Crippen molar-refractivity contribution in [3.8, 4) is 0 Å². The van der Waals surface area contributed by atoms with Crippen molar-refractivity contribution < 1.29 is 13.9 Å². The first kappa shape index (κ1) is 16.9. The number of carbonyl (C=O) groups is 1. The molecule has 5 nitrogen and oxygen atoms in total. The molecule has 0 bridgehead atoms. The van der Waals surface area contributed by atoms with Crippen molar-refractivity contribution in [3.05, 3.63) is 48.4 Å². The van der Waals surface area contributed by atoms with Gasteiger partial charge < -0.3 is 19.4 Å². The number of furan rings is 1. The molecule has 1 N–H and O–H groups in total. The number of thioether (sulfide) groups is 1. The van der Waals surface area contributed by atoms with Crippen molar-refractivity contribution in [1.82, 2.24) is 0 Å². The molecule has 1 aromatic heterocycles. The Labute approximate surface area is 146 Å². The van der Waals surface area contributed by atoms with Gasteiger partial charge in [-0.3, -0.25) is 4.79 Å². The van der Waals surface area contributed by atoms with Gasteiger partial charge in [0.25, 0.3) is 0 Å². The average Bonchev–Trinajstić information content (AvgIpc) is 3.14. The number of benzene rings is 1. The van der Waals surface area contributed by atoms with Crippen LogP contribution in [0.4, 0.5) is 11.4 Å². The fourth-order valence-electron chi connectivity index (χ4n) is 2.50. The van der Waals surface area contributed by atoms with E-state index in [1.807, 2.05) is 43.3 Å². The van der Waals surface area contributed by atoms with Crippen LogP contribution in [0, 0.1) is 0 Å². The van der Waals surface area contributed by atoms with Gasteiger partial charge in [-0.05, 0) is 43.3 Å². The summed E-state index contributed by atoms with van der Waals surface area (Å²) in [7, 11) is 0. The van der Waals surface area contributed by atoms with Crippen LogP contribution in [-0.4, -0.2) is 37.5 Å². The number of hydrogen-bond acceptors (Lipinski definition) is 5. The number of nitrogens with zero attached hydrogens (tertiary/aromatic N) is 1. The Hall–Kier alpha value is -1.92. The molecule has 0 unspecified atom stereocenters. The number of amides is 1. The fourth-order valence-corrected chi connectivity index (χ4v) is 3.29. The highest BCUT2D eigenvalue weighted by Gasteiger charge is 2.15. The van der Waals surface area contributed by atoms with E-state index in [2.05, 4.69) is 10.2 Å². The molecule has 24 heavy (non-hydrogen) atoms. The third-order valence-electron chi connectivity index (χ3n) is 3.94. The highest BCUT2D eigenvalue weighted by Crippen LogP contribution is 2.22. The average molecular weight is 346 g/mol. The van der Waals surface area contributed by atoms with Crippen LogP contribution < -0.4 is 10.2 Å². The molecule has 1 aromatic carbocycles. The maximum atomic E-state index is 12.3. The highest BCUT2D eigenvalue weighted by molar-refractivity contribution is 7.99. The van der Waals surface area contributed by atoms with Crippen LogP contribution in [0.5, 0.6) is 0 Å².